The molecule has 1 fully saturated rings. The number of aryl methyl sites for hydroxylation is 1. The van der Waals surface area contributed by atoms with E-state index in [0.717, 1.165) is 13.0 Å². The van der Waals surface area contributed by atoms with E-state index in [9.17, 15) is 0 Å². The second-order valence-electron chi connectivity index (χ2n) is 5.37. The minimum Gasteiger partial charge on any atom is -0.320 e. The molecule has 1 unspecified atom stereocenters. The lowest BCUT2D eigenvalue weighted by atomic mass is 10.2. The summed E-state index contributed by atoms with van der Waals surface area (Å²) in [6, 6.07) is 1.21. The summed E-state index contributed by atoms with van der Waals surface area (Å²) in [7, 11) is 2.01. The van der Waals surface area contributed by atoms with E-state index in [1.165, 1.54) is 36.5 Å². The third-order valence-corrected chi connectivity index (χ3v) is 4.67. The van der Waals surface area contributed by atoms with Gasteiger partial charge in [0.15, 0.2) is 0 Å². The molecule has 0 amide bonds. The summed E-state index contributed by atoms with van der Waals surface area (Å²) < 4.78 is 0. The van der Waals surface area contributed by atoms with Crippen molar-refractivity contribution in [3.63, 3.8) is 0 Å². The first-order valence-electron chi connectivity index (χ1n) is 7.07. The fraction of sp³-hybridized carbons (Fsp3) is 0.786. The van der Waals surface area contributed by atoms with Crippen LogP contribution in [-0.2, 0) is 6.42 Å². The van der Waals surface area contributed by atoms with Crippen molar-refractivity contribution in [2.45, 2.75) is 51.6 Å². The molecule has 18 heavy (non-hydrogen) atoms. The zero-order valence-corrected chi connectivity index (χ0v) is 12.6. The monoisotopic (exact) mass is 267 g/mol. The van der Waals surface area contributed by atoms with Crippen molar-refractivity contribution in [2.24, 2.45) is 0 Å². The maximum Gasteiger partial charge on any atom is 0.110 e. The van der Waals surface area contributed by atoms with Gasteiger partial charge < -0.3 is 5.32 Å². The van der Waals surface area contributed by atoms with Crippen LogP contribution < -0.4 is 5.32 Å². The fourth-order valence-corrected chi connectivity index (χ4v) is 3.72. The van der Waals surface area contributed by atoms with Gasteiger partial charge in [-0.15, -0.1) is 11.3 Å². The summed E-state index contributed by atoms with van der Waals surface area (Å²) in [6.45, 7) is 6.89. The maximum absolute atomic E-state index is 4.85. The maximum atomic E-state index is 4.85. The molecule has 0 spiro atoms. The van der Waals surface area contributed by atoms with Crippen molar-refractivity contribution in [2.75, 3.05) is 20.1 Å². The van der Waals surface area contributed by atoms with Gasteiger partial charge in [0, 0.05) is 11.4 Å². The summed E-state index contributed by atoms with van der Waals surface area (Å²) in [5.41, 5.74) is 1.28. The van der Waals surface area contributed by atoms with Gasteiger partial charge in [0.1, 0.15) is 5.01 Å². The molecular formula is C14H25N3S. The van der Waals surface area contributed by atoms with Crippen LogP contribution in [0.25, 0.3) is 0 Å². The molecule has 1 atom stereocenters. The Hall–Kier alpha value is -0.450. The van der Waals surface area contributed by atoms with Gasteiger partial charge in [-0.25, -0.2) is 4.98 Å². The van der Waals surface area contributed by atoms with Crippen LogP contribution in [0.15, 0.2) is 5.38 Å². The number of aromatic nitrogens is 1. The van der Waals surface area contributed by atoms with Gasteiger partial charge in [0.25, 0.3) is 0 Å². The molecule has 0 saturated carbocycles. The molecule has 3 nitrogen and oxygen atoms in total. The van der Waals surface area contributed by atoms with E-state index < -0.39 is 0 Å². The predicted octanol–water partition coefficient (Wildman–Crippen LogP) is 2.84. The topological polar surface area (TPSA) is 28.2 Å². The molecule has 0 aromatic carbocycles. The van der Waals surface area contributed by atoms with Crippen LogP contribution >= 0.6 is 11.3 Å². The summed E-state index contributed by atoms with van der Waals surface area (Å²) >= 11 is 1.85. The Bertz CT molecular complexity index is 362. The second-order valence-corrected chi connectivity index (χ2v) is 6.26. The van der Waals surface area contributed by atoms with Crippen molar-refractivity contribution < 1.29 is 0 Å². The van der Waals surface area contributed by atoms with Gasteiger partial charge in [0.2, 0.25) is 0 Å². The number of hydrogen-bond donors (Lipinski definition) is 1. The summed E-state index contributed by atoms with van der Waals surface area (Å²) in [6.07, 6.45) is 4.88. The highest BCUT2D eigenvalue weighted by Gasteiger charge is 2.29. The Morgan fingerprint density at radius 1 is 1.56 bits per heavy atom. The zero-order chi connectivity index (χ0) is 13.0. The third kappa shape index (κ3) is 3.31. The van der Waals surface area contributed by atoms with Crippen LogP contribution in [0.1, 0.15) is 49.9 Å². The Morgan fingerprint density at radius 3 is 3.11 bits per heavy atom. The van der Waals surface area contributed by atoms with Crippen LogP contribution in [0, 0.1) is 0 Å². The fourth-order valence-electron chi connectivity index (χ4n) is 2.71. The van der Waals surface area contributed by atoms with Gasteiger partial charge >= 0.3 is 0 Å². The quantitative estimate of drug-likeness (QED) is 0.803. The minimum atomic E-state index is 0.577. The highest BCUT2D eigenvalue weighted by Crippen LogP contribution is 2.35. The summed E-state index contributed by atoms with van der Waals surface area (Å²) in [5, 5.41) is 6.77. The van der Waals surface area contributed by atoms with E-state index >= 15 is 0 Å². The van der Waals surface area contributed by atoms with Crippen molar-refractivity contribution in [1.82, 2.24) is 15.2 Å². The first-order valence-corrected chi connectivity index (χ1v) is 7.95. The SMILES string of the molecule is CNCCCc1csc(C2CCCN2C(C)C)n1. The Kier molecular flexibility index (Phi) is 5.15. The van der Waals surface area contributed by atoms with Crippen LogP contribution in [0.4, 0.5) is 0 Å². The number of thiazole rings is 1. The Morgan fingerprint density at radius 2 is 2.39 bits per heavy atom. The minimum absolute atomic E-state index is 0.577. The van der Waals surface area contributed by atoms with E-state index in [2.05, 4.69) is 29.4 Å². The number of nitrogens with one attached hydrogen (secondary N) is 1. The molecular weight excluding hydrogens is 242 g/mol. The van der Waals surface area contributed by atoms with E-state index in [-0.39, 0.29) is 0 Å². The molecule has 1 N–H and O–H groups in total. The lowest BCUT2D eigenvalue weighted by molar-refractivity contribution is 0.205. The molecule has 0 aliphatic carbocycles. The van der Waals surface area contributed by atoms with Crippen molar-refractivity contribution in [1.29, 1.82) is 0 Å². The lowest BCUT2D eigenvalue weighted by Gasteiger charge is -2.26. The first-order chi connectivity index (χ1) is 8.72. The predicted molar refractivity (Wildman–Crippen MR) is 78.2 cm³/mol. The second kappa shape index (κ2) is 6.64. The van der Waals surface area contributed by atoms with Crippen molar-refractivity contribution >= 4 is 11.3 Å². The number of nitrogens with zero attached hydrogens (tertiary/aromatic N) is 2. The average Bonchev–Trinajstić information content (AvgIpc) is 2.96. The molecule has 2 heterocycles. The van der Waals surface area contributed by atoms with Crippen LogP contribution in [0.3, 0.4) is 0 Å². The molecule has 1 aliphatic heterocycles. The van der Waals surface area contributed by atoms with Crippen LogP contribution in [-0.4, -0.2) is 36.1 Å². The lowest BCUT2D eigenvalue weighted by Crippen LogP contribution is -2.30. The molecule has 0 bridgehead atoms. The van der Waals surface area contributed by atoms with E-state index in [1.54, 1.807) is 0 Å². The average molecular weight is 267 g/mol. The largest absolute Gasteiger partial charge is 0.320 e. The number of hydrogen-bond acceptors (Lipinski definition) is 4. The van der Waals surface area contributed by atoms with Gasteiger partial charge in [-0.1, -0.05) is 0 Å². The molecule has 102 valence electrons. The summed E-state index contributed by atoms with van der Waals surface area (Å²) in [4.78, 5) is 7.44. The van der Waals surface area contributed by atoms with Gasteiger partial charge in [-0.2, -0.15) is 0 Å². The Balaban J connectivity index is 1.96. The highest BCUT2D eigenvalue weighted by atomic mass is 32.1. The highest BCUT2D eigenvalue weighted by molar-refractivity contribution is 7.09. The van der Waals surface area contributed by atoms with E-state index in [0.29, 0.717) is 12.1 Å². The molecule has 0 radical (unpaired) electrons. The third-order valence-electron chi connectivity index (χ3n) is 3.67. The molecule has 1 saturated heterocycles. The molecule has 4 heteroatoms. The van der Waals surface area contributed by atoms with Gasteiger partial charge in [0.05, 0.1) is 11.7 Å². The molecule has 2 rings (SSSR count). The number of rotatable bonds is 6. The van der Waals surface area contributed by atoms with Gasteiger partial charge in [-0.3, -0.25) is 4.90 Å². The molecule has 1 aromatic heterocycles. The van der Waals surface area contributed by atoms with E-state index in [1.807, 2.05) is 18.4 Å². The molecule has 1 aliphatic rings. The molecule has 1 aromatic rings. The zero-order valence-electron chi connectivity index (χ0n) is 11.8. The van der Waals surface area contributed by atoms with Crippen molar-refractivity contribution in [3.8, 4) is 0 Å². The van der Waals surface area contributed by atoms with Gasteiger partial charge in [-0.05, 0) is 59.7 Å². The first kappa shape index (κ1) is 14.0. The summed E-state index contributed by atoms with van der Waals surface area (Å²) in [5.74, 6) is 0. The Labute approximate surface area is 115 Å². The van der Waals surface area contributed by atoms with Crippen LogP contribution in [0.2, 0.25) is 0 Å². The van der Waals surface area contributed by atoms with E-state index in [4.69, 9.17) is 4.98 Å². The van der Waals surface area contributed by atoms with Crippen molar-refractivity contribution in [3.05, 3.63) is 16.1 Å². The number of likely N-dealkylation sites (tertiary alicyclic amines) is 1. The standard InChI is InChI=1S/C14H25N3S/c1-11(2)17-9-5-7-13(17)14-16-12(10-18-14)6-4-8-15-3/h10-11,13,15H,4-9H2,1-3H3. The van der Waals surface area contributed by atoms with Crippen LogP contribution in [0.5, 0.6) is 0 Å². The smallest absolute Gasteiger partial charge is 0.110 e. The normalized spacial score (nSPS) is 21.0.